The van der Waals surface area contributed by atoms with Crippen molar-refractivity contribution in [3.05, 3.63) is 108 Å². The van der Waals surface area contributed by atoms with Crippen LogP contribution in [0.2, 0.25) is 0 Å². The number of carboxylic acid groups (broad SMARTS) is 1. The van der Waals surface area contributed by atoms with Gasteiger partial charge in [0.05, 0.1) is 41.9 Å². The molecule has 2 aliphatic heterocycles. The van der Waals surface area contributed by atoms with Crippen LogP contribution in [-0.2, 0) is 9.59 Å². The molecule has 3 amide bonds. The second-order valence-electron chi connectivity index (χ2n) is 14.8. The van der Waals surface area contributed by atoms with E-state index in [4.69, 9.17) is 9.97 Å². The molecule has 4 atom stereocenters. The molecule has 2 fully saturated rings. The minimum atomic E-state index is -1.16. The third-order valence-electron chi connectivity index (χ3n) is 11.6. The van der Waals surface area contributed by atoms with Crippen LogP contribution in [0.1, 0.15) is 88.2 Å². The second kappa shape index (κ2) is 16.9. The highest BCUT2D eigenvalue weighted by Crippen LogP contribution is 2.36. The second-order valence-corrected chi connectivity index (χ2v) is 14.8. The van der Waals surface area contributed by atoms with Gasteiger partial charge in [0.25, 0.3) is 5.91 Å². The van der Waals surface area contributed by atoms with Crippen LogP contribution in [0.15, 0.2) is 91.3 Å². The normalized spacial score (nSPS) is 18.0. The summed E-state index contributed by atoms with van der Waals surface area (Å²) in [6, 6.07) is 24.4. The Morgan fingerprint density at radius 2 is 1.18 bits per heavy atom. The van der Waals surface area contributed by atoms with Crippen molar-refractivity contribution in [3.8, 4) is 33.6 Å². The van der Waals surface area contributed by atoms with Crippen molar-refractivity contribution in [3.63, 3.8) is 0 Å². The molecule has 0 bridgehead atoms. The molecular formula is C44H52N8O4. The van der Waals surface area contributed by atoms with E-state index < -0.39 is 12.1 Å². The van der Waals surface area contributed by atoms with E-state index >= 15 is 0 Å². The minimum absolute atomic E-state index is 0.0398. The quantitative estimate of drug-likeness (QED) is 0.111. The lowest BCUT2D eigenvalue weighted by Gasteiger charge is -2.33. The molecule has 0 aliphatic carbocycles. The molecule has 12 nitrogen and oxygen atoms in total. The first-order valence-corrected chi connectivity index (χ1v) is 19.9. The molecule has 2 aromatic heterocycles. The molecule has 3 aromatic carbocycles. The topological polar surface area (TPSA) is 142 Å². The smallest absolute Gasteiger partial charge is 0.407 e. The number of nitrogens with zero attached hydrogens (tertiary/aromatic N) is 6. The van der Waals surface area contributed by atoms with Gasteiger partial charge in [-0.15, -0.1) is 0 Å². The lowest BCUT2D eigenvalue weighted by atomic mass is 10.0. The molecule has 3 N–H and O–H groups in total. The molecule has 1 unspecified atom stereocenters. The Morgan fingerprint density at radius 3 is 1.62 bits per heavy atom. The van der Waals surface area contributed by atoms with E-state index in [9.17, 15) is 19.5 Å². The first-order chi connectivity index (χ1) is 27.2. The van der Waals surface area contributed by atoms with Crippen LogP contribution >= 0.6 is 0 Å². The maximum absolute atomic E-state index is 13.9. The monoisotopic (exact) mass is 756 g/mol. The first kappa shape index (κ1) is 38.5. The van der Waals surface area contributed by atoms with E-state index in [0.717, 1.165) is 96.1 Å². The number of likely N-dealkylation sites (tertiary alicyclic amines) is 2. The molecule has 0 spiro atoms. The Bertz CT molecular complexity index is 2110. The van der Waals surface area contributed by atoms with Crippen molar-refractivity contribution in [1.29, 1.82) is 0 Å². The van der Waals surface area contributed by atoms with Crippen LogP contribution in [-0.4, -0.2) is 102 Å². The zero-order chi connectivity index (χ0) is 39.3. The number of aromatic amines is 2. The number of nitrogens with one attached hydrogen (secondary N) is 2. The molecule has 2 saturated heterocycles. The SMILES string of the molecule is CC[C@@H](C(=O)N1CCCC1c1ncc(-c2ccc(-c3ccc(-c4cnc([C@@H]5CCCN5C(=O)[C@@H](c5ccccc5)N(C)C(=O)O)[nH]4)cc3)cc2)[nH]1)N(CC)CC. The summed E-state index contributed by atoms with van der Waals surface area (Å²) in [4.78, 5) is 63.1. The van der Waals surface area contributed by atoms with Crippen molar-refractivity contribution in [1.82, 2.24) is 39.5 Å². The van der Waals surface area contributed by atoms with Crippen LogP contribution in [0.25, 0.3) is 33.6 Å². The van der Waals surface area contributed by atoms with Crippen molar-refractivity contribution in [2.75, 3.05) is 33.2 Å². The van der Waals surface area contributed by atoms with E-state index in [1.807, 2.05) is 29.3 Å². The summed E-state index contributed by atoms with van der Waals surface area (Å²) in [5.41, 5.74) is 6.57. The lowest BCUT2D eigenvalue weighted by molar-refractivity contribution is -0.138. The fourth-order valence-corrected chi connectivity index (χ4v) is 8.50. The van der Waals surface area contributed by atoms with Crippen molar-refractivity contribution in [2.24, 2.45) is 0 Å². The summed E-state index contributed by atoms with van der Waals surface area (Å²) in [5.74, 6) is 1.48. The maximum Gasteiger partial charge on any atom is 0.407 e. The zero-order valence-electron chi connectivity index (χ0n) is 32.7. The van der Waals surface area contributed by atoms with E-state index in [1.54, 1.807) is 23.2 Å². The van der Waals surface area contributed by atoms with Crippen molar-refractivity contribution >= 4 is 17.9 Å². The molecule has 0 saturated carbocycles. The highest BCUT2D eigenvalue weighted by Gasteiger charge is 2.39. The van der Waals surface area contributed by atoms with E-state index in [2.05, 4.69) is 84.2 Å². The molecule has 292 valence electrons. The van der Waals surface area contributed by atoms with Crippen LogP contribution in [0.4, 0.5) is 4.79 Å². The number of imidazole rings is 2. The van der Waals surface area contributed by atoms with Gasteiger partial charge in [-0.1, -0.05) is 99.6 Å². The average molecular weight is 757 g/mol. The Hall–Kier alpha value is -5.75. The van der Waals surface area contributed by atoms with E-state index in [-0.39, 0.29) is 29.9 Å². The third kappa shape index (κ3) is 7.70. The Kier molecular flexibility index (Phi) is 11.7. The number of amides is 3. The number of carbonyl (C=O) groups is 3. The van der Waals surface area contributed by atoms with Gasteiger partial charge >= 0.3 is 6.09 Å². The molecule has 56 heavy (non-hydrogen) atoms. The van der Waals surface area contributed by atoms with Crippen molar-refractivity contribution in [2.45, 2.75) is 77.0 Å². The molecule has 0 radical (unpaired) electrons. The highest BCUT2D eigenvalue weighted by molar-refractivity contribution is 5.87. The fraction of sp³-hybridized carbons (Fsp3) is 0.386. The van der Waals surface area contributed by atoms with Crippen LogP contribution < -0.4 is 0 Å². The number of hydrogen-bond acceptors (Lipinski definition) is 6. The van der Waals surface area contributed by atoms with Gasteiger partial charge < -0.3 is 24.9 Å². The number of carbonyl (C=O) groups excluding carboxylic acids is 2. The maximum atomic E-state index is 13.9. The minimum Gasteiger partial charge on any atom is -0.465 e. The van der Waals surface area contributed by atoms with Gasteiger partial charge in [0.2, 0.25) is 5.91 Å². The zero-order valence-corrected chi connectivity index (χ0v) is 32.7. The predicted molar refractivity (Wildman–Crippen MR) is 216 cm³/mol. The summed E-state index contributed by atoms with van der Waals surface area (Å²) in [6.07, 6.45) is 6.72. The summed E-state index contributed by atoms with van der Waals surface area (Å²) in [5, 5.41) is 9.79. The predicted octanol–water partition coefficient (Wildman–Crippen LogP) is 7.93. The van der Waals surface area contributed by atoms with Gasteiger partial charge in [0.1, 0.15) is 17.7 Å². The lowest BCUT2D eigenvalue weighted by Crippen LogP contribution is -2.48. The van der Waals surface area contributed by atoms with Crippen LogP contribution in [0.5, 0.6) is 0 Å². The highest BCUT2D eigenvalue weighted by atomic mass is 16.4. The molecule has 7 rings (SSSR count). The Morgan fingerprint density at radius 1 is 0.714 bits per heavy atom. The number of rotatable bonds is 13. The fourth-order valence-electron chi connectivity index (χ4n) is 8.50. The summed E-state index contributed by atoms with van der Waals surface area (Å²) >= 11 is 0. The molecule has 5 aromatic rings. The van der Waals surface area contributed by atoms with Crippen LogP contribution in [0, 0.1) is 0 Å². The van der Waals surface area contributed by atoms with Gasteiger partial charge in [-0.3, -0.25) is 19.4 Å². The van der Waals surface area contributed by atoms with E-state index in [0.29, 0.717) is 17.9 Å². The summed E-state index contributed by atoms with van der Waals surface area (Å²) < 4.78 is 0. The molecule has 4 heterocycles. The Balaban J connectivity index is 1.02. The van der Waals surface area contributed by atoms with Gasteiger partial charge in [0, 0.05) is 20.1 Å². The Labute approximate surface area is 328 Å². The van der Waals surface area contributed by atoms with Gasteiger partial charge in [-0.25, -0.2) is 14.8 Å². The van der Waals surface area contributed by atoms with Gasteiger partial charge in [0.15, 0.2) is 0 Å². The summed E-state index contributed by atoms with van der Waals surface area (Å²) in [7, 11) is 1.44. The number of likely N-dealkylation sites (N-methyl/N-ethyl adjacent to an activating group) is 2. The number of aromatic nitrogens is 4. The molecule has 2 aliphatic rings. The number of benzene rings is 3. The van der Waals surface area contributed by atoms with E-state index in [1.165, 1.54) is 7.05 Å². The van der Waals surface area contributed by atoms with Crippen LogP contribution in [0.3, 0.4) is 0 Å². The van der Waals surface area contributed by atoms with Crippen molar-refractivity contribution < 1.29 is 19.5 Å². The molecule has 12 heteroatoms. The van der Waals surface area contributed by atoms with Gasteiger partial charge in [-0.2, -0.15) is 0 Å². The average Bonchev–Trinajstić information content (AvgIpc) is 4.07. The standard InChI is InChI=1S/C44H52N8O4/c1-5-36(50(6-2)7-3)42(53)51-25-11-15-37(51)40-45-27-34(47-40)31-21-17-29(18-22-31)30-19-23-32(24-20-30)35-28-46-41(48-35)38-16-12-26-52(38)43(54)39(49(4)44(55)56)33-13-9-8-10-14-33/h8-10,13-14,17-24,27-28,36-39H,5-7,11-12,15-16,25-26H2,1-4H3,(H,45,47)(H,46,48)(H,55,56)/t36-,37?,38-,39+/m0/s1. The van der Waals surface area contributed by atoms with Gasteiger partial charge in [-0.05, 0) is 73.0 Å². The number of hydrogen-bond donors (Lipinski definition) is 3. The largest absolute Gasteiger partial charge is 0.465 e. The summed E-state index contributed by atoms with van der Waals surface area (Å²) in [6.45, 7) is 9.32. The third-order valence-corrected chi connectivity index (χ3v) is 11.6. The molecular weight excluding hydrogens is 705 g/mol. The number of H-pyrrole nitrogens is 2. The first-order valence-electron chi connectivity index (χ1n) is 19.9.